The van der Waals surface area contributed by atoms with Crippen molar-refractivity contribution in [3.63, 3.8) is 0 Å². The summed E-state index contributed by atoms with van der Waals surface area (Å²) in [6.45, 7) is 7.19. The van der Waals surface area contributed by atoms with Crippen molar-refractivity contribution in [3.8, 4) is 0 Å². The maximum absolute atomic E-state index is 12.3. The Balaban J connectivity index is 1.94. The SMILES string of the molecule is CC(C)Sc1ccccc1C(=O)NCC1CCCNC1. The molecule has 0 radical (unpaired) electrons. The van der Waals surface area contributed by atoms with Crippen molar-refractivity contribution in [1.29, 1.82) is 0 Å². The van der Waals surface area contributed by atoms with Gasteiger partial charge >= 0.3 is 0 Å². The Morgan fingerprint density at radius 1 is 1.45 bits per heavy atom. The van der Waals surface area contributed by atoms with E-state index in [2.05, 4.69) is 24.5 Å². The molecule has 1 aromatic rings. The number of carbonyl (C=O) groups is 1. The molecule has 1 fully saturated rings. The van der Waals surface area contributed by atoms with Gasteiger partial charge in [0.25, 0.3) is 5.91 Å². The number of carbonyl (C=O) groups excluding carboxylic acids is 1. The fraction of sp³-hybridized carbons (Fsp3) is 0.562. The van der Waals surface area contributed by atoms with E-state index in [1.807, 2.05) is 24.3 Å². The molecule has 1 amide bonds. The highest BCUT2D eigenvalue weighted by Crippen LogP contribution is 2.26. The summed E-state index contributed by atoms with van der Waals surface area (Å²) in [5, 5.41) is 6.95. The van der Waals surface area contributed by atoms with E-state index in [1.165, 1.54) is 12.8 Å². The summed E-state index contributed by atoms with van der Waals surface area (Å²) in [5.41, 5.74) is 0.801. The van der Waals surface area contributed by atoms with Crippen molar-refractivity contribution < 1.29 is 4.79 Å². The second-order valence-electron chi connectivity index (χ2n) is 5.59. The number of piperidine rings is 1. The van der Waals surface area contributed by atoms with Crippen LogP contribution in [0.2, 0.25) is 0 Å². The van der Waals surface area contributed by atoms with E-state index in [0.29, 0.717) is 11.2 Å². The molecule has 0 aliphatic carbocycles. The summed E-state index contributed by atoms with van der Waals surface area (Å²) in [6.07, 6.45) is 2.41. The van der Waals surface area contributed by atoms with Crippen LogP contribution in [0.1, 0.15) is 37.0 Å². The molecule has 110 valence electrons. The van der Waals surface area contributed by atoms with Gasteiger partial charge in [-0.05, 0) is 44.0 Å². The van der Waals surface area contributed by atoms with Crippen LogP contribution in [-0.2, 0) is 0 Å². The van der Waals surface area contributed by atoms with E-state index in [-0.39, 0.29) is 5.91 Å². The molecule has 0 bridgehead atoms. The Morgan fingerprint density at radius 3 is 2.95 bits per heavy atom. The number of benzene rings is 1. The average molecular weight is 292 g/mol. The van der Waals surface area contributed by atoms with Gasteiger partial charge in [0, 0.05) is 16.7 Å². The van der Waals surface area contributed by atoms with E-state index >= 15 is 0 Å². The Hall–Kier alpha value is -1.00. The molecule has 0 aromatic heterocycles. The zero-order valence-corrected chi connectivity index (χ0v) is 13.1. The zero-order chi connectivity index (χ0) is 14.4. The number of hydrogen-bond donors (Lipinski definition) is 2. The number of amides is 1. The molecule has 3 nitrogen and oxygen atoms in total. The summed E-state index contributed by atoms with van der Waals surface area (Å²) < 4.78 is 0. The van der Waals surface area contributed by atoms with Crippen LogP contribution >= 0.6 is 11.8 Å². The lowest BCUT2D eigenvalue weighted by atomic mass is 10.00. The summed E-state index contributed by atoms with van der Waals surface area (Å²) >= 11 is 1.74. The summed E-state index contributed by atoms with van der Waals surface area (Å²) in [4.78, 5) is 13.4. The molecule has 1 atom stereocenters. The van der Waals surface area contributed by atoms with Crippen molar-refractivity contribution in [2.24, 2.45) is 5.92 Å². The Labute approximate surface area is 125 Å². The topological polar surface area (TPSA) is 41.1 Å². The second kappa shape index (κ2) is 7.70. The van der Waals surface area contributed by atoms with Crippen LogP contribution in [-0.4, -0.2) is 30.8 Å². The first-order valence-corrected chi connectivity index (χ1v) is 8.29. The van der Waals surface area contributed by atoms with Gasteiger partial charge in [-0.3, -0.25) is 4.79 Å². The first-order chi connectivity index (χ1) is 9.66. The van der Waals surface area contributed by atoms with E-state index in [4.69, 9.17) is 0 Å². The van der Waals surface area contributed by atoms with Crippen molar-refractivity contribution in [3.05, 3.63) is 29.8 Å². The highest BCUT2D eigenvalue weighted by Gasteiger charge is 2.16. The van der Waals surface area contributed by atoms with Gasteiger partial charge in [-0.1, -0.05) is 26.0 Å². The number of hydrogen-bond acceptors (Lipinski definition) is 3. The van der Waals surface area contributed by atoms with Gasteiger partial charge < -0.3 is 10.6 Å². The highest BCUT2D eigenvalue weighted by molar-refractivity contribution is 8.00. The van der Waals surface area contributed by atoms with Gasteiger partial charge in [0.15, 0.2) is 0 Å². The third kappa shape index (κ3) is 4.53. The zero-order valence-electron chi connectivity index (χ0n) is 12.3. The van der Waals surface area contributed by atoms with E-state index in [0.717, 1.165) is 30.1 Å². The van der Waals surface area contributed by atoms with Crippen molar-refractivity contribution in [2.75, 3.05) is 19.6 Å². The van der Waals surface area contributed by atoms with Crippen LogP contribution in [0.4, 0.5) is 0 Å². The fourth-order valence-corrected chi connectivity index (χ4v) is 3.39. The monoisotopic (exact) mass is 292 g/mol. The van der Waals surface area contributed by atoms with Crippen LogP contribution in [0.15, 0.2) is 29.2 Å². The summed E-state index contributed by atoms with van der Waals surface area (Å²) in [5.74, 6) is 0.622. The molecule has 1 aromatic carbocycles. The minimum Gasteiger partial charge on any atom is -0.352 e. The molecule has 0 saturated carbocycles. The smallest absolute Gasteiger partial charge is 0.252 e. The van der Waals surface area contributed by atoms with Crippen LogP contribution < -0.4 is 10.6 Å². The van der Waals surface area contributed by atoms with Crippen LogP contribution in [0.3, 0.4) is 0 Å². The quantitative estimate of drug-likeness (QED) is 0.820. The van der Waals surface area contributed by atoms with Gasteiger partial charge in [-0.15, -0.1) is 11.8 Å². The molecular weight excluding hydrogens is 268 g/mol. The van der Waals surface area contributed by atoms with Crippen molar-refractivity contribution >= 4 is 17.7 Å². The number of rotatable bonds is 5. The predicted octanol–water partition coefficient (Wildman–Crippen LogP) is 2.92. The Bertz CT molecular complexity index is 442. The molecule has 0 spiro atoms. The lowest BCUT2D eigenvalue weighted by Gasteiger charge is -2.23. The first-order valence-electron chi connectivity index (χ1n) is 7.41. The molecule has 2 rings (SSSR count). The summed E-state index contributed by atoms with van der Waals surface area (Å²) in [6, 6.07) is 7.87. The van der Waals surface area contributed by atoms with Crippen molar-refractivity contribution in [1.82, 2.24) is 10.6 Å². The number of thioether (sulfide) groups is 1. The van der Waals surface area contributed by atoms with Crippen LogP contribution in [0, 0.1) is 5.92 Å². The van der Waals surface area contributed by atoms with Crippen molar-refractivity contribution in [2.45, 2.75) is 36.8 Å². The van der Waals surface area contributed by atoms with Gasteiger partial charge in [-0.25, -0.2) is 0 Å². The van der Waals surface area contributed by atoms with Gasteiger partial charge in [0.05, 0.1) is 5.56 Å². The highest BCUT2D eigenvalue weighted by atomic mass is 32.2. The van der Waals surface area contributed by atoms with Gasteiger partial charge in [0.2, 0.25) is 0 Å². The van der Waals surface area contributed by atoms with E-state index in [1.54, 1.807) is 11.8 Å². The minimum atomic E-state index is 0.0549. The third-order valence-corrected chi connectivity index (χ3v) is 4.53. The molecular formula is C16H24N2OS. The van der Waals surface area contributed by atoms with Crippen LogP contribution in [0.5, 0.6) is 0 Å². The first kappa shape index (κ1) is 15.4. The van der Waals surface area contributed by atoms with E-state index < -0.39 is 0 Å². The fourth-order valence-electron chi connectivity index (χ4n) is 2.44. The molecule has 1 unspecified atom stereocenters. The molecule has 20 heavy (non-hydrogen) atoms. The Kier molecular flexibility index (Phi) is 5.92. The maximum Gasteiger partial charge on any atom is 0.252 e. The summed E-state index contributed by atoms with van der Waals surface area (Å²) in [7, 11) is 0. The maximum atomic E-state index is 12.3. The molecule has 2 N–H and O–H groups in total. The normalized spacial score (nSPS) is 19.1. The predicted molar refractivity (Wildman–Crippen MR) is 85.4 cm³/mol. The lowest BCUT2D eigenvalue weighted by molar-refractivity contribution is 0.0942. The standard InChI is InChI=1S/C16H24N2OS/c1-12(2)20-15-8-4-3-7-14(15)16(19)18-11-13-6-5-9-17-10-13/h3-4,7-8,12-13,17H,5-6,9-11H2,1-2H3,(H,18,19). The average Bonchev–Trinajstić information content (AvgIpc) is 2.46. The van der Waals surface area contributed by atoms with Gasteiger partial charge in [0.1, 0.15) is 0 Å². The molecule has 1 heterocycles. The lowest BCUT2D eigenvalue weighted by Crippen LogP contribution is -2.38. The molecule has 4 heteroatoms. The molecule has 1 aliphatic heterocycles. The Morgan fingerprint density at radius 2 is 2.25 bits per heavy atom. The number of nitrogens with one attached hydrogen (secondary N) is 2. The third-order valence-electron chi connectivity index (χ3n) is 3.44. The second-order valence-corrected chi connectivity index (χ2v) is 7.20. The largest absolute Gasteiger partial charge is 0.352 e. The van der Waals surface area contributed by atoms with Crippen LogP contribution in [0.25, 0.3) is 0 Å². The molecule has 1 saturated heterocycles. The van der Waals surface area contributed by atoms with Gasteiger partial charge in [-0.2, -0.15) is 0 Å². The molecule has 1 aliphatic rings. The van der Waals surface area contributed by atoms with E-state index in [9.17, 15) is 4.79 Å². The minimum absolute atomic E-state index is 0.0549.